The topological polar surface area (TPSA) is 105 Å². The first-order valence-corrected chi connectivity index (χ1v) is 6.37. The normalized spacial score (nSPS) is 10.9. The highest BCUT2D eigenvalue weighted by molar-refractivity contribution is 5.87. The van der Waals surface area contributed by atoms with Crippen molar-refractivity contribution in [2.24, 2.45) is 0 Å². The molecule has 2 rings (SSSR count). The Labute approximate surface area is 122 Å². The van der Waals surface area contributed by atoms with Crippen LogP contribution in [0.4, 0.5) is 0 Å². The molecule has 2 aromatic carbocycles. The second-order valence-electron chi connectivity index (χ2n) is 4.38. The summed E-state index contributed by atoms with van der Waals surface area (Å²) in [5.41, 5.74) is 4.78. The zero-order chi connectivity index (χ0) is 15.7. The van der Waals surface area contributed by atoms with E-state index >= 15 is 0 Å². The number of quaternary nitrogens is 1. The van der Waals surface area contributed by atoms with E-state index in [4.69, 9.17) is 5.11 Å². The van der Waals surface area contributed by atoms with Gasteiger partial charge < -0.3 is 20.7 Å². The third-order valence-electron chi connectivity index (χ3n) is 2.68. The monoisotopic (exact) mass is 287 g/mol. The van der Waals surface area contributed by atoms with E-state index in [1.165, 1.54) is 0 Å². The number of aromatic carboxylic acids is 1. The summed E-state index contributed by atoms with van der Waals surface area (Å²) in [4.78, 5) is 20.5. The van der Waals surface area contributed by atoms with Gasteiger partial charge in [0.05, 0.1) is 11.5 Å². The molecular weight excluding hydrogens is 270 g/mol. The van der Waals surface area contributed by atoms with Crippen LogP contribution in [0.1, 0.15) is 15.9 Å². The van der Waals surface area contributed by atoms with Crippen LogP contribution in [0.15, 0.2) is 60.7 Å². The van der Waals surface area contributed by atoms with E-state index in [9.17, 15) is 14.7 Å². The van der Waals surface area contributed by atoms with Crippen molar-refractivity contribution in [1.29, 1.82) is 0 Å². The Morgan fingerprint density at radius 3 is 1.86 bits per heavy atom. The van der Waals surface area contributed by atoms with Crippen molar-refractivity contribution in [3.8, 4) is 0 Å². The maximum atomic E-state index is 10.3. The average Bonchev–Trinajstić information content (AvgIpc) is 2.49. The molecule has 110 valence electrons. The minimum atomic E-state index is -1.10. The summed E-state index contributed by atoms with van der Waals surface area (Å²) in [5, 5.41) is 18.7. The zero-order valence-electron chi connectivity index (χ0n) is 11.4. The molecule has 0 bridgehead atoms. The van der Waals surface area contributed by atoms with E-state index in [1.54, 1.807) is 30.3 Å². The first-order valence-electron chi connectivity index (χ1n) is 6.37. The lowest BCUT2D eigenvalue weighted by molar-refractivity contribution is -0.437. The molecule has 4 N–H and O–H groups in total. The smallest absolute Gasteiger partial charge is 0.335 e. The maximum absolute atomic E-state index is 10.3. The Morgan fingerprint density at radius 2 is 1.48 bits per heavy atom. The molecule has 0 aromatic heterocycles. The number of aliphatic carboxylic acids is 1. The second kappa shape index (κ2) is 8.50. The molecule has 5 heteroatoms. The van der Waals surface area contributed by atoms with E-state index in [2.05, 4.69) is 5.73 Å². The fourth-order valence-corrected chi connectivity index (χ4v) is 1.56. The number of benzene rings is 2. The van der Waals surface area contributed by atoms with Gasteiger partial charge in [0.15, 0.2) is 0 Å². The molecule has 0 spiro atoms. The van der Waals surface area contributed by atoms with Gasteiger partial charge in [0.1, 0.15) is 6.04 Å². The molecule has 0 unspecified atom stereocenters. The molecule has 0 radical (unpaired) electrons. The van der Waals surface area contributed by atoms with E-state index in [0.29, 0.717) is 12.0 Å². The van der Waals surface area contributed by atoms with Crippen molar-refractivity contribution >= 4 is 11.9 Å². The third-order valence-corrected chi connectivity index (χ3v) is 2.68. The first-order chi connectivity index (χ1) is 10.0. The van der Waals surface area contributed by atoms with Crippen LogP contribution >= 0.6 is 0 Å². The Balaban J connectivity index is 0.000000219. The molecule has 2 aromatic rings. The summed E-state index contributed by atoms with van der Waals surface area (Å²) in [7, 11) is 0. The molecule has 0 fully saturated rings. The van der Waals surface area contributed by atoms with Crippen molar-refractivity contribution < 1.29 is 25.5 Å². The lowest BCUT2D eigenvalue weighted by atomic mass is 10.1. The number of rotatable bonds is 4. The van der Waals surface area contributed by atoms with Crippen LogP contribution < -0.4 is 10.8 Å². The van der Waals surface area contributed by atoms with Crippen molar-refractivity contribution in [2.45, 2.75) is 12.5 Å². The fourth-order valence-electron chi connectivity index (χ4n) is 1.56. The fraction of sp³-hybridized carbons (Fsp3) is 0.125. The van der Waals surface area contributed by atoms with E-state index in [-0.39, 0.29) is 0 Å². The summed E-state index contributed by atoms with van der Waals surface area (Å²) >= 11 is 0. The van der Waals surface area contributed by atoms with Crippen LogP contribution in [-0.2, 0) is 11.2 Å². The number of carbonyl (C=O) groups excluding carboxylic acids is 1. The van der Waals surface area contributed by atoms with Gasteiger partial charge in [-0.2, -0.15) is 0 Å². The first kappa shape index (κ1) is 16.4. The number of hydrogen-bond donors (Lipinski definition) is 2. The van der Waals surface area contributed by atoms with Gasteiger partial charge in [-0.1, -0.05) is 48.5 Å². The SMILES string of the molecule is O=C(O)c1ccccc1.[NH3+][C@H](Cc1ccccc1)C(=O)[O-]. The van der Waals surface area contributed by atoms with Gasteiger partial charge in [0.2, 0.25) is 0 Å². The quantitative estimate of drug-likeness (QED) is 0.824. The molecule has 0 aliphatic carbocycles. The number of carboxylic acids is 2. The standard InChI is InChI=1S/C9H11NO2.C7H6O2/c10-8(9(11)12)6-7-4-2-1-3-5-7;8-7(9)6-4-2-1-3-5-6/h1-5,8H,6,10H2,(H,11,12);1-5H,(H,8,9)/t8-;/m1./s1. The van der Waals surface area contributed by atoms with Crippen LogP contribution in [0.2, 0.25) is 0 Å². The van der Waals surface area contributed by atoms with Gasteiger partial charge in [0.25, 0.3) is 0 Å². The molecule has 0 saturated carbocycles. The van der Waals surface area contributed by atoms with Crippen molar-refractivity contribution in [1.82, 2.24) is 0 Å². The molecule has 0 aliphatic rings. The highest BCUT2D eigenvalue weighted by Gasteiger charge is 2.07. The molecule has 1 atom stereocenters. The molecule has 0 heterocycles. The second-order valence-corrected chi connectivity index (χ2v) is 4.38. The summed E-state index contributed by atoms with van der Waals surface area (Å²) < 4.78 is 0. The van der Waals surface area contributed by atoms with E-state index in [1.807, 2.05) is 30.3 Å². The number of hydrogen-bond acceptors (Lipinski definition) is 3. The Kier molecular flexibility index (Phi) is 6.63. The zero-order valence-corrected chi connectivity index (χ0v) is 11.4. The van der Waals surface area contributed by atoms with Crippen LogP contribution in [0.25, 0.3) is 0 Å². The molecular formula is C16H17NO4. The Hall–Kier alpha value is -2.66. The molecule has 5 nitrogen and oxygen atoms in total. The molecule has 0 aliphatic heterocycles. The van der Waals surface area contributed by atoms with Gasteiger partial charge in [-0.15, -0.1) is 0 Å². The van der Waals surface area contributed by atoms with Crippen LogP contribution in [0.3, 0.4) is 0 Å². The van der Waals surface area contributed by atoms with Gasteiger partial charge in [-0.3, -0.25) is 0 Å². The van der Waals surface area contributed by atoms with Crippen LogP contribution in [0, 0.1) is 0 Å². The van der Waals surface area contributed by atoms with Crippen LogP contribution in [-0.4, -0.2) is 23.1 Å². The third kappa shape index (κ3) is 6.35. The number of carboxylic acid groups (broad SMARTS) is 2. The highest BCUT2D eigenvalue weighted by atomic mass is 16.4. The largest absolute Gasteiger partial charge is 0.544 e. The van der Waals surface area contributed by atoms with Crippen molar-refractivity contribution in [2.75, 3.05) is 0 Å². The number of carbonyl (C=O) groups is 2. The van der Waals surface area contributed by atoms with Gasteiger partial charge in [-0.25, -0.2) is 4.79 Å². The Bertz CT molecular complexity index is 569. The molecule has 21 heavy (non-hydrogen) atoms. The summed E-state index contributed by atoms with van der Waals surface area (Å²) in [5.74, 6) is -1.98. The van der Waals surface area contributed by atoms with Gasteiger partial charge in [-0.05, 0) is 17.7 Å². The van der Waals surface area contributed by atoms with Crippen LogP contribution in [0.5, 0.6) is 0 Å². The Morgan fingerprint density at radius 1 is 1.00 bits per heavy atom. The molecule has 0 amide bonds. The lowest BCUT2D eigenvalue weighted by Crippen LogP contribution is -2.69. The lowest BCUT2D eigenvalue weighted by Gasteiger charge is -2.08. The minimum Gasteiger partial charge on any atom is -0.544 e. The average molecular weight is 287 g/mol. The van der Waals surface area contributed by atoms with Crippen molar-refractivity contribution in [3.63, 3.8) is 0 Å². The van der Waals surface area contributed by atoms with Gasteiger partial charge >= 0.3 is 5.97 Å². The maximum Gasteiger partial charge on any atom is 0.335 e. The van der Waals surface area contributed by atoms with Gasteiger partial charge in [0, 0.05) is 6.42 Å². The minimum absolute atomic E-state index is 0.331. The predicted octanol–water partition coefficient (Wildman–Crippen LogP) is -0.0257. The predicted molar refractivity (Wildman–Crippen MR) is 75.2 cm³/mol. The van der Waals surface area contributed by atoms with E-state index in [0.717, 1.165) is 5.56 Å². The summed E-state index contributed by atoms with van der Waals surface area (Å²) in [6.07, 6.45) is 0.434. The molecule has 0 saturated heterocycles. The summed E-state index contributed by atoms with van der Waals surface area (Å²) in [6, 6.07) is 17.0. The van der Waals surface area contributed by atoms with E-state index < -0.39 is 18.0 Å². The van der Waals surface area contributed by atoms with Crippen molar-refractivity contribution in [3.05, 3.63) is 71.8 Å². The summed E-state index contributed by atoms with van der Waals surface area (Å²) in [6.45, 7) is 0. The highest BCUT2D eigenvalue weighted by Crippen LogP contribution is 2.00.